The number of aromatic nitrogens is 2. The minimum atomic E-state index is -0.659. The molecule has 4 aromatic carbocycles. The van der Waals surface area contributed by atoms with Crippen LogP contribution in [0.5, 0.6) is 46.3 Å². The fourth-order valence-electron chi connectivity index (χ4n) is 6.22. The van der Waals surface area contributed by atoms with Crippen LogP contribution in [0.2, 0.25) is 0 Å². The van der Waals surface area contributed by atoms with Crippen LogP contribution in [-0.4, -0.2) is 34.4 Å². The van der Waals surface area contributed by atoms with Crippen molar-refractivity contribution in [3.63, 3.8) is 0 Å². The van der Waals surface area contributed by atoms with Gasteiger partial charge in [0.2, 0.25) is 11.8 Å². The number of hydrogen-bond donors (Lipinski definition) is 4. The van der Waals surface area contributed by atoms with E-state index in [-0.39, 0.29) is 12.2 Å². The first-order chi connectivity index (χ1) is 26.2. The molecule has 6 N–H and O–H groups in total. The second-order valence-corrected chi connectivity index (χ2v) is 12.7. The van der Waals surface area contributed by atoms with Crippen molar-refractivity contribution >= 4 is 11.4 Å². The number of anilines is 2. The number of fused-ring (bicyclic) bond motifs is 2. The van der Waals surface area contributed by atoms with Gasteiger partial charge in [0.15, 0.2) is 0 Å². The van der Waals surface area contributed by atoms with Gasteiger partial charge < -0.3 is 50.1 Å². The van der Waals surface area contributed by atoms with E-state index in [1.807, 2.05) is 48.5 Å². The van der Waals surface area contributed by atoms with Crippen LogP contribution < -0.4 is 39.9 Å². The molecule has 0 amide bonds. The van der Waals surface area contributed by atoms with Crippen molar-refractivity contribution in [3.05, 3.63) is 144 Å². The van der Waals surface area contributed by atoms with Crippen LogP contribution in [0, 0.1) is 0 Å². The number of nitrogen functional groups attached to an aromatic ring is 2. The van der Waals surface area contributed by atoms with Crippen molar-refractivity contribution in [1.29, 1.82) is 0 Å². The maximum absolute atomic E-state index is 10.6. The van der Waals surface area contributed by atoms with Crippen molar-refractivity contribution in [1.82, 2.24) is 9.97 Å². The third kappa shape index (κ3) is 8.41. The molecule has 2 aliphatic heterocycles. The van der Waals surface area contributed by atoms with Crippen LogP contribution in [0.25, 0.3) is 0 Å². The normalized spacial score (nSPS) is 18.3. The molecule has 0 aliphatic carbocycles. The first-order valence-corrected chi connectivity index (χ1v) is 17.3. The maximum Gasteiger partial charge on any atom is 0.219 e. The van der Waals surface area contributed by atoms with E-state index in [0.29, 0.717) is 70.1 Å². The molecular weight excluding hydrogens is 688 g/mol. The Labute approximate surface area is 312 Å². The molecule has 0 bridgehead atoms. The zero-order valence-electron chi connectivity index (χ0n) is 29.7. The quantitative estimate of drug-likeness (QED) is 0.119. The fraction of sp³-hybridized carbons (Fsp3) is 0.190. The standard InChI is InChI=1S/2C21H20N2O4/c2*1-25-15-4-2-3-13(9-15)20-11-18(24)17-10-16(6-7-19(17)27-20)26-21-8-5-14(22)12-23-21/h2*2-10,12,18,20,24H,11,22H2,1H3. The minimum Gasteiger partial charge on any atom is -0.497 e. The number of aliphatic hydroxyl groups excluding tert-OH is 2. The number of nitrogens with zero attached hydrogens (tertiary/aromatic N) is 2. The summed E-state index contributed by atoms with van der Waals surface area (Å²) in [5, 5.41) is 21.3. The molecule has 2 aromatic heterocycles. The Kier molecular flexibility index (Phi) is 10.7. The van der Waals surface area contributed by atoms with Gasteiger partial charge in [-0.3, -0.25) is 0 Å². The Morgan fingerprint density at radius 3 is 1.39 bits per heavy atom. The summed E-state index contributed by atoms with van der Waals surface area (Å²) in [6.45, 7) is 0. The van der Waals surface area contributed by atoms with E-state index in [1.165, 1.54) is 12.4 Å². The molecule has 8 rings (SSSR count). The van der Waals surface area contributed by atoms with Gasteiger partial charge in [0, 0.05) is 36.1 Å². The smallest absolute Gasteiger partial charge is 0.219 e. The summed E-state index contributed by atoms with van der Waals surface area (Å²) in [5.74, 6) is 4.82. The molecule has 12 nitrogen and oxygen atoms in total. The highest BCUT2D eigenvalue weighted by molar-refractivity contribution is 5.47. The van der Waals surface area contributed by atoms with Crippen LogP contribution in [0.3, 0.4) is 0 Å². The summed E-state index contributed by atoms with van der Waals surface area (Å²) >= 11 is 0. The van der Waals surface area contributed by atoms with E-state index in [4.69, 9.17) is 39.9 Å². The van der Waals surface area contributed by atoms with Crippen LogP contribution in [0.1, 0.15) is 59.5 Å². The molecule has 0 fully saturated rings. The minimum absolute atomic E-state index is 0.242. The average Bonchev–Trinajstić information content (AvgIpc) is 3.20. The Morgan fingerprint density at radius 2 is 1.00 bits per heavy atom. The number of benzene rings is 4. The molecule has 0 spiro atoms. The summed E-state index contributed by atoms with van der Waals surface area (Å²) in [6, 6.07) is 32.9. The molecule has 6 aromatic rings. The van der Waals surface area contributed by atoms with Gasteiger partial charge in [-0.05, 0) is 83.9 Å². The lowest BCUT2D eigenvalue weighted by Gasteiger charge is -2.30. The van der Waals surface area contributed by atoms with Crippen LogP contribution in [0.15, 0.2) is 122 Å². The summed E-state index contributed by atoms with van der Waals surface area (Å²) in [6.07, 6.45) is 2.16. The van der Waals surface area contributed by atoms with Gasteiger partial charge in [0.25, 0.3) is 0 Å². The molecule has 4 heterocycles. The van der Waals surface area contributed by atoms with E-state index in [2.05, 4.69) is 9.97 Å². The van der Waals surface area contributed by atoms with E-state index in [9.17, 15) is 10.2 Å². The van der Waals surface area contributed by atoms with Gasteiger partial charge in [-0.2, -0.15) is 0 Å². The molecule has 2 aliphatic rings. The third-order valence-corrected chi connectivity index (χ3v) is 8.99. The zero-order chi connectivity index (χ0) is 37.6. The van der Waals surface area contributed by atoms with Gasteiger partial charge in [-0.15, -0.1) is 0 Å². The molecule has 12 heteroatoms. The predicted octanol–water partition coefficient (Wildman–Crippen LogP) is 8.04. The Hall–Kier alpha value is -6.50. The van der Waals surface area contributed by atoms with E-state index in [1.54, 1.807) is 74.9 Å². The SMILES string of the molecule is COc1cccc(C2CC(O)c3cc(Oc4ccc(N)cn4)ccc3O2)c1.COc1cccc(C2CC(O)c3cc(Oc4ccc(N)cn4)ccc3O2)c1. The van der Waals surface area contributed by atoms with Crippen molar-refractivity contribution < 1.29 is 38.6 Å². The molecule has 276 valence electrons. The molecule has 0 saturated carbocycles. The van der Waals surface area contributed by atoms with Crippen LogP contribution in [0.4, 0.5) is 11.4 Å². The third-order valence-electron chi connectivity index (χ3n) is 8.99. The molecular formula is C42H40N4O8. The zero-order valence-corrected chi connectivity index (χ0v) is 29.7. The van der Waals surface area contributed by atoms with Gasteiger partial charge in [0.1, 0.15) is 46.7 Å². The molecule has 4 atom stereocenters. The maximum atomic E-state index is 10.6. The number of hydrogen-bond acceptors (Lipinski definition) is 12. The molecule has 0 saturated heterocycles. The Balaban J connectivity index is 0.000000167. The van der Waals surface area contributed by atoms with Crippen molar-refractivity contribution in [2.24, 2.45) is 0 Å². The topological polar surface area (TPSA) is 174 Å². The number of methoxy groups -OCH3 is 2. The summed E-state index contributed by atoms with van der Waals surface area (Å²) in [4.78, 5) is 8.24. The summed E-state index contributed by atoms with van der Waals surface area (Å²) in [7, 11) is 3.25. The lowest BCUT2D eigenvalue weighted by molar-refractivity contribution is 0.0650. The van der Waals surface area contributed by atoms with Crippen molar-refractivity contribution in [2.45, 2.75) is 37.3 Å². The monoisotopic (exact) mass is 728 g/mol. The highest BCUT2D eigenvalue weighted by Crippen LogP contribution is 2.44. The summed E-state index contributed by atoms with van der Waals surface area (Å²) < 4.78 is 34.2. The highest BCUT2D eigenvalue weighted by atomic mass is 16.5. The highest BCUT2D eigenvalue weighted by Gasteiger charge is 2.30. The number of aliphatic hydroxyl groups is 2. The fourth-order valence-corrected chi connectivity index (χ4v) is 6.22. The second-order valence-electron chi connectivity index (χ2n) is 12.7. The lowest BCUT2D eigenvalue weighted by Crippen LogP contribution is -2.19. The number of pyridine rings is 2. The van der Waals surface area contributed by atoms with Gasteiger partial charge >= 0.3 is 0 Å². The van der Waals surface area contributed by atoms with Gasteiger partial charge in [0.05, 0.1) is 50.2 Å². The number of rotatable bonds is 8. The number of nitrogens with two attached hydrogens (primary N) is 2. The van der Waals surface area contributed by atoms with Crippen molar-refractivity contribution in [3.8, 4) is 46.3 Å². The van der Waals surface area contributed by atoms with Crippen LogP contribution >= 0.6 is 0 Å². The van der Waals surface area contributed by atoms with E-state index >= 15 is 0 Å². The Bertz CT molecular complexity index is 2040. The lowest BCUT2D eigenvalue weighted by atomic mass is 9.95. The van der Waals surface area contributed by atoms with E-state index < -0.39 is 12.2 Å². The molecule has 54 heavy (non-hydrogen) atoms. The van der Waals surface area contributed by atoms with Gasteiger partial charge in [-0.1, -0.05) is 24.3 Å². The Morgan fingerprint density at radius 1 is 0.556 bits per heavy atom. The van der Waals surface area contributed by atoms with Gasteiger partial charge in [-0.25, -0.2) is 9.97 Å². The number of ether oxygens (including phenoxy) is 6. The van der Waals surface area contributed by atoms with Crippen molar-refractivity contribution in [2.75, 3.05) is 25.7 Å². The first-order valence-electron chi connectivity index (χ1n) is 17.3. The predicted molar refractivity (Wildman–Crippen MR) is 202 cm³/mol. The molecule has 0 radical (unpaired) electrons. The summed E-state index contributed by atoms with van der Waals surface area (Å²) in [5.41, 5.74) is 15.7. The first kappa shape index (κ1) is 35.9. The second kappa shape index (κ2) is 16.0. The van der Waals surface area contributed by atoms with E-state index in [0.717, 1.165) is 22.6 Å². The average molecular weight is 729 g/mol. The largest absolute Gasteiger partial charge is 0.497 e. The van der Waals surface area contributed by atoms with Crippen LogP contribution in [-0.2, 0) is 0 Å². The molecule has 4 unspecified atom stereocenters.